The van der Waals surface area contributed by atoms with Crippen LogP contribution in [-0.4, -0.2) is 23.6 Å². The Morgan fingerprint density at radius 3 is 2.80 bits per heavy atom. The van der Waals surface area contributed by atoms with Crippen molar-refractivity contribution in [3.05, 3.63) is 35.9 Å². The number of carbonyl (C=O) groups is 1. The minimum atomic E-state index is -0.450. The van der Waals surface area contributed by atoms with Crippen molar-refractivity contribution in [3.8, 4) is 0 Å². The van der Waals surface area contributed by atoms with Gasteiger partial charge in [-0.1, -0.05) is 30.3 Å². The molecular weight excluding hydrogens is 192 g/mol. The Kier molecular flexibility index (Phi) is 2.99. The Labute approximate surface area is 88.6 Å². The van der Waals surface area contributed by atoms with Gasteiger partial charge in [-0.15, -0.1) is 0 Å². The number of nitrogens with zero attached hydrogens (tertiary/aromatic N) is 1. The van der Waals surface area contributed by atoms with Crippen molar-refractivity contribution in [2.45, 2.75) is 19.1 Å². The van der Waals surface area contributed by atoms with Crippen LogP contribution in [0, 0.1) is 0 Å². The Morgan fingerprint density at radius 1 is 1.47 bits per heavy atom. The average molecular weight is 206 g/mol. The summed E-state index contributed by atoms with van der Waals surface area (Å²) in [6, 6.07) is 10.00. The number of benzene rings is 1. The van der Waals surface area contributed by atoms with E-state index in [0.717, 1.165) is 6.54 Å². The third-order valence-corrected chi connectivity index (χ3v) is 2.44. The Morgan fingerprint density at radius 2 is 2.20 bits per heavy atom. The molecule has 0 aromatic heterocycles. The molecule has 0 saturated carbocycles. The van der Waals surface area contributed by atoms with Gasteiger partial charge in [-0.05, 0) is 12.0 Å². The van der Waals surface area contributed by atoms with E-state index in [1.54, 1.807) is 5.06 Å². The molecule has 1 fully saturated rings. The molecule has 1 unspecified atom stereocenters. The van der Waals surface area contributed by atoms with E-state index in [9.17, 15) is 4.79 Å². The Hall–Kier alpha value is -1.39. The summed E-state index contributed by atoms with van der Waals surface area (Å²) in [7, 11) is 0. The first kappa shape index (κ1) is 10.1. The molecule has 80 valence electrons. The third-order valence-electron chi connectivity index (χ3n) is 2.44. The number of rotatable bonds is 3. The molecule has 1 aliphatic heterocycles. The van der Waals surface area contributed by atoms with Gasteiger partial charge < -0.3 is 5.73 Å². The van der Waals surface area contributed by atoms with Crippen molar-refractivity contribution >= 4 is 5.91 Å². The van der Waals surface area contributed by atoms with Crippen molar-refractivity contribution < 1.29 is 9.63 Å². The SMILES string of the molecule is NC(=O)C1CCN(Cc2ccccc2)O1. The summed E-state index contributed by atoms with van der Waals surface area (Å²) in [4.78, 5) is 16.3. The van der Waals surface area contributed by atoms with E-state index in [0.29, 0.717) is 13.0 Å². The second-order valence-corrected chi connectivity index (χ2v) is 3.63. The van der Waals surface area contributed by atoms with Gasteiger partial charge in [0.1, 0.15) is 0 Å². The maximum atomic E-state index is 10.9. The molecule has 0 radical (unpaired) electrons. The van der Waals surface area contributed by atoms with Gasteiger partial charge in [0.25, 0.3) is 0 Å². The number of amides is 1. The lowest BCUT2D eigenvalue weighted by Crippen LogP contribution is -2.29. The molecule has 1 aromatic carbocycles. The van der Waals surface area contributed by atoms with Gasteiger partial charge in [-0.3, -0.25) is 9.63 Å². The smallest absolute Gasteiger partial charge is 0.248 e. The normalized spacial score (nSPS) is 21.7. The maximum absolute atomic E-state index is 10.9. The van der Waals surface area contributed by atoms with Crippen molar-refractivity contribution in [2.24, 2.45) is 5.73 Å². The summed E-state index contributed by atoms with van der Waals surface area (Å²) in [6.07, 6.45) is 0.232. The van der Waals surface area contributed by atoms with Crippen LogP contribution in [0.3, 0.4) is 0 Å². The molecular formula is C11H14N2O2. The Balaban J connectivity index is 1.90. The maximum Gasteiger partial charge on any atom is 0.248 e. The first-order chi connectivity index (χ1) is 7.25. The van der Waals surface area contributed by atoms with Crippen LogP contribution in [0.2, 0.25) is 0 Å². The molecule has 0 spiro atoms. The van der Waals surface area contributed by atoms with E-state index in [1.807, 2.05) is 30.3 Å². The molecule has 2 N–H and O–H groups in total. The van der Waals surface area contributed by atoms with Crippen LogP contribution in [0.15, 0.2) is 30.3 Å². The molecule has 1 aromatic rings. The highest BCUT2D eigenvalue weighted by Gasteiger charge is 2.27. The number of primary amides is 1. The fraction of sp³-hybridized carbons (Fsp3) is 0.364. The van der Waals surface area contributed by atoms with Crippen molar-refractivity contribution in [2.75, 3.05) is 6.54 Å². The predicted octanol–water partition coefficient (Wildman–Crippen LogP) is 0.678. The first-order valence-corrected chi connectivity index (χ1v) is 5.00. The van der Waals surface area contributed by atoms with Gasteiger partial charge in [0.05, 0.1) is 0 Å². The van der Waals surface area contributed by atoms with E-state index in [1.165, 1.54) is 5.56 Å². The van der Waals surface area contributed by atoms with Crippen molar-refractivity contribution in [1.82, 2.24) is 5.06 Å². The largest absolute Gasteiger partial charge is 0.367 e. The van der Waals surface area contributed by atoms with Crippen LogP contribution in [0.1, 0.15) is 12.0 Å². The number of hydrogen-bond acceptors (Lipinski definition) is 3. The minimum Gasteiger partial charge on any atom is -0.367 e. The van der Waals surface area contributed by atoms with Gasteiger partial charge in [0.2, 0.25) is 5.91 Å². The zero-order valence-corrected chi connectivity index (χ0v) is 8.43. The molecule has 1 atom stereocenters. The average Bonchev–Trinajstić information content (AvgIpc) is 2.68. The van der Waals surface area contributed by atoms with Gasteiger partial charge in [-0.25, -0.2) is 0 Å². The molecule has 2 rings (SSSR count). The number of carbonyl (C=O) groups excluding carboxylic acids is 1. The summed E-state index contributed by atoms with van der Waals surface area (Å²) < 4.78 is 0. The second-order valence-electron chi connectivity index (χ2n) is 3.63. The molecule has 4 heteroatoms. The molecule has 0 bridgehead atoms. The van der Waals surface area contributed by atoms with E-state index in [2.05, 4.69) is 0 Å². The monoisotopic (exact) mass is 206 g/mol. The van der Waals surface area contributed by atoms with E-state index in [-0.39, 0.29) is 5.91 Å². The molecule has 0 aliphatic carbocycles. The van der Waals surface area contributed by atoms with E-state index >= 15 is 0 Å². The molecule has 4 nitrogen and oxygen atoms in total. The standard InChI is InChI=1S/C11H14N2O2/c12-11(14)10-6-7-13(15-10)8-9-4-2-1-3-5-9/h1-5,10H,6-8H2,(H2,12,14). The van der Waals surface area contributed by atoms with Crippen LogP contribution in [0.5, 0.6) is 0 Å². The van der Waals surface area contributed by atoms with Crippen LogP contribution in [0.4, 0.5) is 0 Å². The lowest BCUT2D eigenvalue weighted by Gasteiger charge is -2.14. The first-order valence-electron chi connectivity index (χ1n) is 5.00. The molecule has 1 heterocycles. The number of hydrogen-bond donors (Lipinski definition) is 1. The van der Waals surface area contributed by atoms with Crippen LogP contribution in [0.25, 0.3) is 0 Å². The van der Waals surface area contributed by atoms with Crippen molar-refractivity contribution in [1.29, 1.82) is 0 Å². The van der Waals surface area contributed by atoms with E-state index < -0.39 is 6.10 Å². The summed E-state index contributed by atoms with van der Waals surface area (Å²) in [6.45, 7) is 1.45. The second kappa shape index (κ2) is 4.42. The summed E-state index contributed by atoms with van der Waals surface area (Å²) in [5.74, 6) is -0.384. The molecule has 1 aliphatic rings. The fourth-order valence-electron chi connectivity index (χ4n) is 1.64. The predicted molar refractivity (Wildman–Crippen MR) is 55.5 cm³/mol. The highest BCUT2D eigenvalue weighted by atomic mass is 16.7. The lowest BCUT2D eigenvalue weighted by molar-refractivity contribution is -0.166. The number of nitrogens with two attached hydrogens (primary N) is 1. The highest BCUT2D eigenvalue weighted by molar-refractivity contribution is 5.78. The zero-order chi connectivity index (χ0) is 10.7. The third kappa shape index (κ3) is 2.55. The summed E-state index contributed by atoms with van der Waals surface area (Å²) in [5.41, 5.74) is 6.33. The van der Waals surface area contributed by atoms with Gasteiger partial charge in [-0.2, -0.15) is 5.06 Å². The van der Waals surface area contributed by atoms with Crippen LogP contribution in [-0.2, 0) is 16.2 Å². The quantitative estimate of drug-likeness (QED) is 0.791. The Bertz CT molecular complexity index is 340. The summed E-state index contributed by atoms with van der Waals surface area (Å²) in [5, 5.41) is 1.78. The number of hydroxylamine groups is 2. The molecule has 1 amide bonds. The molecule has 15 heavy (non-hydrogen) atoms. The van der Waals surface area contributed by atoms with Crippen LogP contribution >= 0.6 is 0 Å². The van der Waals surface area contributed by atoms with Gasteiger partial charge in [0.15, 0.2) is 6.10 Å². The van der Waals surface area contributed by atoms with E-state index in [4.69, 9.17) is 10.6 Å². The highest BCUT2D eigenvalue weighted by Crippen LogP contribution is 2.16. The lowest BCUT2D eigenvalue weighted by atomic mass is 10.2. The van der Waals surface area contributed by atoms with Crippen molar-refractivity contribution in [3.63, 3.8) is 0 Å². The zero-order valence-electron chi connectivity index (χ0n) is 8.43. The van der Waals surface area contributed by atoms with Crippen LogP contribution < -0.4 is 5.73 Å². The topological polar surface area (TPSA) is 55.6 Å². The fourth-order valence-corrected chi connectivity index (χ4v) is 1.64. The minimum absolute atomic E-state index is 0.384. The van der Waals surface area contributed by atoms with Gasteiger partial charge in [0, 0.05) is 13.1 Å². The summed E-state index contributed by atoms with van der Waals surface area (Å²) >= 11 is 0. The van der Waals surface area contributed by atoms with Gasteiger partial charge >= 0.3 is 0 Å². The molecule has 1 saturated heterocycles.